The first kappa shape index (κ1) is 33.4. The predicted octanol–water partition coefficient (Wildman–Crippen LogP) is 2.61. The second-order valence-electron chi connectivity index (χ2n) is 9.43. The number of aliphatic carboxylic acids is 1. The van der Waals surface area contributed by atoms with Crippen molar-refractivity contribution in [3.63, 3.8) is 0 Å². The van der Waals surface area contributed by atoms with Crippen molar-refractivity contribution in [3.8, 4) is 0 Å². The number of carbonyl (C=O) groups is 4. The topological polar surface area (TPSA) is 286 Å². The highest BCUT2D eigenvalue weighted by Crippen LogP contribution is 2.41. The van der Waals surface area contributed by atoms with Crippen molar-refractivity contribution in [1.29, 1.82) is 0 Å². The van der Waals surface area contributed by atoms with Crippen LogP contribution in [-0.2, 0) is 29.8 Å². The van der Waals surface area contributed by atoms with Gasteiger partial charge in [0.05, 0.1) is 33.9 Å². The zero-order valence-electron chi connectivity index (χ0n) is 23.0. The molecule has 0 saturated heterocycles. The van der Waals surface area contributed by atoms with Crippen LogP contribution in [0.4, 0.5) is 28.7 Å². The number of nitrogen functional groups attached to an aromatic ring is 1. The van der Waals surface area contributed by atoms with E-state index in [0.29, 0.717) is 11.8 Å². The standard InChI is InChI=1S/C26H17ClN6O11S3/c27-24-31-25(33-26(32-24)45-9-15(34)23(37)38)29-10-5-6-13(16(7-10)46(39,40)41)30-14-8-17(47(42,43)44)20(28)19-18(14)21(35)11-3-1-2-4-12(11)22(19)36/h1-8,30H,9,28H2,(H,37,38)(H,39,40,41)(H,42,43,44)(H,29,31,32,33). The van der Waals surface area contributed by atoms with Crippen molar-refractivity contribution in [2.45, 2.75) is 14.9 Å². The first-order chi connectivity index (χ1) is 22.0. The van der Waals surface area contributed by atoms with Crippen LogP contribution in [0.3, 0.4) is 0 Å². The summed E-state index contributed by atoms with van der Waals surface area (Å²) >= 11 is 6.53. The lowest BCUT2D eigenvalue weighted by Gasteiger charge is -2.24. The third-order valence-electron chi connectivity index (χ3n) is 6.42. The van der Waals surface area contributed by atoms with Gasteiger partial charge in [-0.05, 0) is 35.9 Å². The molecule has 21 heteroatoms. The number of nitrogens with one attached hydrogen (secondary N) is 2. The number of carbonyl (C=O) groups excluding carboxylic acids is 3. The summed E-state index contributed by atoms with van der Waals surface area (Å²) in [4.78, 5) is 59.0. The van der Waals surface area contributed by atoms with Crippen LogP contribution in [0, 0.1) is 0 Å². The molecule has 242 valence electrons. The molecule has 0 aliphatic heterocycles. The molecule has 0 saturated carbocycles. The molecule has 1 aliphatic rings. The summed E-state index contributed by atoms with van der Waals surface area (Å²) in [5.74, 6) is -5.22. The van der Waals surface area contributed by atoms with E-state index in [1.54, 1.807) is 0 Å². The predicted molar refractivity (Wildman–Crippen MR) is 165 cm³/mol. The van der Waals surface area contributed by atoms with E-state index in [-0.39, 0.29) is 33.2 Å². The Morgan fingerprint density at radius 2 is 1.45 bits per heavy atom. The first-order valence-electron chi connectivity index (χ1n) is 12.5. The number of carboxylic acids is 1. The van der Waals surface area contributed by atoms with E-state index >= 15 is 0 Å². The Balaban J connectivity index is 1.58. The van der Waals surface area contributed by atoms with Gasteiger partial charge in [-0.2, -0.15) is 31.8 Å². The molecule has 5 rings (SSSR count). The van der Waals surface area contributed by atoms with Crippen LogP contribution in [-0.4, -0.2) is 75.1 Å². The monoisotopic (exact) mass is 720 g/mol. The number of halogens is 1. The molecule has 7 N–H and O–H groups in total. The molecule has 0 radical (unpaired) electrons. The molecule has 1 heterocycles. The van der Waals surface area contributed by atoms with Gasteiger partial charge in [0, 0.05) is 16.8 Å². The van der Waals surface area contributed by atoms with Gasteiger partial charge in [0.25, 0.3) is 20.2 Å². The second kappa shape index (κ2) is 12.3. The number of nitrogens with two attached hydrogens (primary N) is 1. The molecule has 0 spiro atoms. The van der Waals surface area contributed by atoms with Gasteiger partial charge >= 0.3 is 5.97 Å². The Morgan fingerprint density at radius 3 is 2.04 bits per heavy atom. The maximum atomic E-state index is 13.6. The zero-order valence-corrected chi connectivity index (χ0v) is 26.2. The lowest BCUT2D eigenvalue weighted by molar-refractivity contribution is -0.147. The van der Waals surface area contributed by atoms with Gasteiger partial charge < -0.3 is 21.5 Å². The van der Waals surface area contributed by atoms with E-state index in [1.165, 1.54) is 30.3 Å². The quantitative estimate of drug-likeness (QED) is 0.0523. The average molecular weight is 721 g/mol. The Hall–Kier alpha value is -4.99. The number of fused-ring (bicyclic) bond motifs is 2. The number of anilines is 5. The lowest BCUT2D eigenvalue weighted by Crippen LogP contribution is -2.25. The van der Waals surface area contributed by atoms with Crippen molar-refractivity contribution in [3.05, 3.63) is 76.1 Å². The van der Waals surface area contributed by atoms with Gasteiger partial charge in [-0.1, -0.05) is 36.0 Å². The molecule has 0 atom stereocenters. The van der Waals surface area contributed by atoms with Crippen molar-refractivity contribution in [2.24, 2.45) is 0 Å². The van der Waals surface area contributed by atoms with E-state index in [1.807, 2.05) is 0 Å². The van der Waals surface area contributed by atoms with Gasteiger partial charge in [-0.3, -0.25) is 23.5 Å². The van der Waals surface area contributed by atoms with Gasteiger partial charge in [-0.15, -0.1) is 0 Å². The van der Waals surface area contributed by atoms with E-state index in [0.717, 1.165) is 18.2 Å². The number of ketones is 3. The van der Waals surface area contributed by atoms with Crippen LogP contribution in [0.5, 0.6) is 0 Å². The average Bonchev–Trinajstić information content (AvgIpc) is 2.98. The Bertz CT molecular complexity index is 2280. The van der Waals surface area contributed by atoms with Crippen molar-refractivity contribution in [1.82, 2.24) is 15.0 Å². The fourth-order valence-corrected chi connectivity index (χ4v) is 6.66. The smallest absolute Gasteiger partial charge is 0.373 e. The van der Waals surface area contributed by atoms with Crippen LogP contribution in [0.1, 0.15) is 31.8 Å². The van der Waals surface area contributed by atoms with E-state index in [4.69, 9.17) is 22.4 Å². The van der Waals surface area contributed by atoms with Crippen LogP contribution in [0.15, 0.2) is 63.5 Å². The summed E-state index contributed by atoms with van der Waals surface area (Å²) in [6.45, 7) is 0. The van der Waals surface area contributed by atoms with E-state index in [2.05, 4.69) is 25.6 Å². The maximum Gasteiger partial charge on any atom is 0.373 e. The number of benzene rings is 3. The molecule has 17 nitrogen and oxygen atoms in total. The van der Waals surface area contributed by atoms with E-state index < -0.39 is 87.3 Å². The Morgan fingerprint density at radius 1 is 0.830 bits per heavy atom. The molecule has 0 unspecified atom stereocenters. The van der Waals surface area contributed by atoms with Crippen molar-refractivity contribution >= 4 is 95.6 Å². The summed E-state index contributed by atoms with van der Waals surface area (Å²) in [5, 5.41) is 13.4. The fourth-order valence-electron chi connectivity index (χ4n) is 4.44. The molecule has 1 aliphatic carbocycles. The number of thioether (sulfide) groups is 1. The third-order valence-corrected chi connectivity index (χ3v) is 9.22. The molecule has 0 bridgehead atoms. The highest BCUT2D eigenvalue weighted by atomic mass is 35.5. The normalized spacial score (nSPS) is 12.7. The summed E-state index contributed by atoms with van der Waals surface area (Å²) in [6, 6.07) is 9.59. The molecule has 0 fully saturated rings. The van der Waals surface area contributed by atoms with Gasteiger partial charge in [0.15, 0.2) is 16.7 Å². The number of rotatable bonds is 10. The largest absolute Gasteiger partial charge is 0.475 e. The molecular weight excluding hydrogens is 704 g/mol. The number of nitrogens with zero attached hydrogens (tertiary/aromatic N) is 3. The number of hydrogen-bond donors (Lipinski definition) is 6. The van der Waals surface area contributed by atoms with Gasteiger partial charge in [-0.25, -0.2) is 4.79 Å². The molecule has 1 aromatic heterocycles. The molecule has 0 amide bonds. The third kappa shape index (κ3) is 6.77. The number of Topliss-reactive ketones (excluding diaryl/α,β-unsaturated/α-hetero) is 1. The molecule has 47 heavy (non-hydrogen) atoms. The minimum Gasteiger partial charge on any atom is -0.475 e. The Kier molecular flexibility index (Phi) is 8.75. The number of carboxylic acid groups (broad SMARTS) is 1. The summed E-state index contributed by atoms with van der Waals surface area (Å²) in [7, 11) is -10.2. The van der Waals surface area contributed by atoms with E-state index in [9.17, 15) is 45.1 Å². The van der Waals surface area contributed by atoms with Gasteiger partial charge in [0.1, 0.15) is 9.79 Å². The lowest BCUT2D eigenvalue weighted by atomic mass is 9.82. The first-order valence-corrected chi connectivity index (χ1v) is 16.8. The SMILES string of the molecule is Nc1c(S(=O)(=O)O)cc(Nc2ccc(Nc3nc(Cl)nc(SCC(=O)C(=O)O)n3)cc2S(=O)(=O)O)c2c1C(=O)c1ccccc1C2=O. The van der Waals surface area contributed by atoms with Crippen LogP contribution < -0.4 is 16.4 Å². The van der Waals surface area contributed by atoms with Crippen molar-refractivity contribution in [2.75, 3.05) is 22.1 Å². The minimum atomic E-state index is -5.09. The maximum absolute atomic E-state index is 13.6. The summed E-state index contributed by atoms with van der Waals surface area (Å²) in [6.07, 6.45) is 0. The number of hydrogen-bond acceptors (Lipinski definition) is 15. The summed E-state index contributed by atoms with van der Waals surface area (Å²) in [5.41, 5.74) is 3.22. The van der Waals surface area contributed by atoms with Crippen LogP contribution in [0.25, 0.3) is 0 Å². The number of aromatic nitrogens is 3. The zero-order chi connectivity index (χ0) is 34.4. The van der Waals surface area contributed by atoms with Crippen LogP contribution >= 0.6 is 23.4 Å². The van der Waals surface area contributed by atoms with Crippen molar-refractivity contribution < 1.29 is 50.2 Å². The second-order valence-corrected chi connectivity index (χ2v) is 13.5. The summed E-state index contributed by atoms with van der Waals surface area (Å²) < 4.78 is 69.3. The molecule has 4 aromatic rings. The fraction of sp³-hybridized carbons (Fsp3) is 0.0385. The molecular formula is C26H17ClN6O11S3. The minimum absolute atomic E-state index is 0.0533. The highest BCUT2D eigenvalue weighted by molar-refractivity contribution is 7.99. The Labute approximate surface area is 273 Å². The van der Waals surface area contributed by atoms with Crippen LogP contribution in [0.2, 0.25) is 5.28 Å². The molecule has 3 aromatic carbocycles. The van der Waals surface area contributed by atoms with Gasteiger partial charge in [0.2, 0.25) is 17.0 Å². The highest BCUT2D eigenvalue weighted by Gasteiger charge is 2.37.